The van der Waals surface area contributed by atoms with Gasteiger partial charge < -0.3 is 14.2 Å². The zero-order valence-electron chi connectivity index (χ0n) is 14.4. The fourth-order valence-corrected chi connectivity index (χ4v) is 3.88. The number of carbonyl (C=O) groups is 1. The number of rotatable bonds is 6. The van der Waals surface area contributed by atoms with Gasteiger partial charge in [0, 0.05) is 51.2 Å². The quantitative estimate of drug-likeness (QED) is 0.798. The molecule has 2 atom stereocenters. The number of aromatic nitrogens is 2. The highest BCUT2D eigenvalue weighted by Gasteiger charge is 2.40. The molecule has 0 aliphatic carbocycles. The molecule has 6 nitrogen and oxygen atoms in total. The number of imidazole rings is 1. The Morgan fingerprint density at radius 3 is 2.91 bits per heavy atom. The summed E-state index contributed by atoms with van der Waals surface area (Å²) in [4.78, 5) is 21.6. The van der Waals surface area contributed by atoms with Gasteiger partial charge >= 0.3 is 0 Å². The van der Waals surface area contributed by atoms with Crippen molar-refractivity contribution in [3.63, 3.8) is 0 Å². The van der Waals surface area contributed by atoms with Crippen molar-refractivity contribution in [1.82, 2.24) is 19.4 Å². The summed E-state index contributed by atoms with van der Waals surface area (Å²) in [5.41, 5.74) is 0. The summed E-state index contributed by atoms with van der Waals surface area (Å²) in [6.07, 6.45) is 6.04. The second-order valence-electron chi connectivity index (χ2n) is 6.99. The number of carbonyl (C=O) groups excluding carboxylic acids is 1. The molecule has 3 aliphatic rings. The largest absolute Gasteiger partial charge is 0.383 e. The standard InChI is InChI=1S/C17H28N4O2/c1-13(2)20-7-6-18-16(20)12-19-10-14-4-5-15(11-19)21(17(14)22)8-9-23-3/h6-7,13-15H,4-5,8-12H2,1-3H3/t14-,15+/m0/s1. The van der Waals surface area contributed by atoms with Crippen LogP contribution in [-0.2, 0) is 16.1 Å². The van der Waals surface area contributed by atoms with Gasteiger partial charge in [-0.1, -0.05) is 0 Å². The maximum Gasteiger partial charge on any atom is 0.227 e. The highest BCUT2D eigenvalue weighted by molar-refractivity contribution is 5.80. The molecule has 0 saturated carbocycles. The number of fused-ring (bicyclic) bond motifs is 4. The molecule has 3 aliphatic heterocycles. The first-order chi connectivity index (χ1) is 11.1. The van der Waals surface area contributed by atoms with Gasteiger partial charge in [0.15, 0.2) is 0 Å². The van der Waals surface area contributed by atoms with E-state index in [9.17, 15) is 4.79 Å². The fourth-order valence-electron chi connectivity index (χ4n) is 3.88. The van der Waals surface area contributed by atoms with Crippen molar-refractivity contribution in [2.24, 2.45) is 5.92 Å². The Balaban J connectivity index is 1.71. The zero-order chi connectivity index (χ0) is 16.4. The topological polar surface area (TPSA) is 50.6 Å². The maximum atomic E-state index is 12.7. The van der Waals surface area contributed by atoms with Crippen LogP contribution in [0.3, 0.4) is 0 Å². The first kappa shape index (κ1) is 16.5. The molecule has 2 bridgehead atoms. The smallest absolute Gasteiger partial charge is 0.227 e. The summed E-state index contributed by atoms with van der Waals surface area (Å²) in [7, 11) is 1.69. The molecule has 6 heteroatoms. The summed E-state index contributed by atoms with van der Waals surface area (Å²) >= 11 is 0. The number of piperidine rings is 1. The normalized spacial score (nSPS) is 25.4. The minimum absolute atomic E-state index is 0.132. The summed E-state index contributed by atoms with van der Waals surface area (Å²) in [6.45, 7) is 8.29. The summed E-state index contributed by atoms with van der Waals surface area (Å²) in [5.74, 6) is 1.54. The molecule has 0 spiro atoms. The lowest BCUT2D eigenvalue weighted by Gasteiger charge is -2.35. The number of hydrogen-bond donors (Lipinski definition) is 0. The Bertz CT molecular complexity index is 542. The first-order valence-corrected chi connectivity index (χ1v) is 8.63. The van der Waals surface area contributed by atoms with Crippen LogP contribution < -0.4 is 0 Å². The molecule has 3 fully saturated rings. The van der Waals surface area contributed by atoms with Gasteiger partial charge in [0.2, 0.25) is 5.91 Å². The van der Waals surface area contributed by atoms with E-state index in [-0.39, 0.29) is 5.92 Å². The second-order valence-corrected chi connectivity index (χ2v) is 6.99. The number of nitrogens with zero attached hydrogens (tertiary/aromatic N) is 4. The number of hydrogen-bond acceptors (Lipinski definition) is 4. The Morgan fingerprint density at radius 2 is 2.17 bits per heavy atom. The summed E-state index contributed by atoms with van der Waals surface area (Å²) < 4.78 is 7.39. The van der Waals surface area contributed by atoms with E-state index in [1.807, 2.05) is 17.3 Å². The molecule has 4 rings (SSSR count). The molecule has 4 heterocycles. The van der Waals surface area contributed by atoms with Crippen molar-refractivity contribution in [3.8, 4) is 0 Å². The van der Waals surface area contributed by atoms with Crippen LogP contribution >= 0.6 is 0 Å². The summed E-state index contributed by atoms with van der Waals surface area (Å²) in [6, 6.07) is 0.731. The van der Waals surface area contributed by atoms with Gasteiger partial charge in [-0.25, -0.2) is 4.98 Å². The minimum Gasteiger partial charge on any atom is -0.383 e. The van der Waals surface area contributed by atoms with Crippen LogP contribution in [0, 0.1) is 5.92 Å². The molecule has 128 valence electrons. The molecule has 0 aromatic carbocycles. The lowest BCUT2D eigenvalue weighted by atomic mass is 9.94. The lowest BCUT2D eigenvalue weighted by Crippen LogP contribution is -2.49. The van der Waals surface area contributed by atoms with Gasteiger partial charge in [-0.05, 0) is 26.7 Å². The van der Waals surface area contributed by atoms with E-state index in [2.05, 4.69) is 28.3 Å². The number of ether oxygens (including phenoxy) is 1. The van der Waals surface area contributed by atoms with Gasteiger partial charge in [0.1, 0.15) is 5.82 Å². The SMILES string of the molecule is COCCN1C(=O)[C@H]2CC[C@@H]1CN(Cc1nccn1C(C)C)C2. The molecule has 0 radical (unpaired) electrons. The van der Waals surface area contributed by atoms with E-state index in [4.69, 9.17) is 4.74 Å². The van der Waals surface area contributed by atoms with E-state index in [0.717, 1.165) is 38.3 Å². The van der Waals surface area contributed by atoms with Crippen LogP contribution in [0.1, 0.15) is 38.6 Å². The average molecular weight is 320 g/mol. The Hall–Kier alpha value is -1.40. The third-order valence-corrected chi connectivity index (χ3v) is 5.08. The maximum absolute atomic E-state index is 12.7. The van der Waals surface area contributed by atoms with Crippen molar-refractivity contribution in [3.05, 3.63) is 18.2 Å². The highest BCUT2D eigenvalue weighted by atomic mass is 16.5. The molecular formula is C17H28N4O2. The predicted molar refractivity (Wildman–Crippen MR) is 88.0 cm³/mol. The first-order valence-electron chi connectivity index (χ1n) is 8.63. The number of methoxy groups -OCH3 is 1. The van der Waals surface area contributed by atoms with E-state index in [0.29, 0.717) is 31.1 Å². The van der Waals surface area contributed by atoms with Crippen LogP contribution in [0.5, 0.6) is 0 Å². The van der Waals surface area contributed by atoms with Crippen molar-refractivity contribution < 1.29 is 9.53 Å². The van der Waals surface area contributed by atoms with Crippen LogP contribution in [0.2, 0.25) is 0 Å². The Morgan fingerprint density at radius 1 is 1.35 bits per heavy atom. The molecule has 0 N–H and O–H groups in total. The molecule has 0 unspecified atom stereocenters. The third-order valence-electron chi connectivity index (χ3n) is 5.08. The van der Waals surface area contributed by atoms with Gasteiger partial charge in [-0.2, -0.15) is 0 Å². The molecule has 1 aromatic heterocycles. The van der Waals surface area contributed by atoms with Crippen LogP contribution in [0.4, 0.5) is 0 Å². The third kappa shape index (κ3) is 3.43. The van der Waals surface area contributed by atoms with Gasteiger partial charge in [-0.15, -0.1) is 0 Å². The van der Waals surface area contributed by atoms with Crippen LogP contribution in [-0.4, -0.2) is 64.7 Å². The molecule has 1 aromatic rings. The monoisotopic (exact) mass is 320 g/mol. The Labute approximate surface area is 138 Å². The summed E-state index contributed by atoms with van der Waals surface area (Å²) in [5, 5.41) is 0. The van der Waals surface area contributed by atoms with Crippen molar-refractivity contribution in [2.75, 3.05) is 33.4 Å². The zero-order valence-corrected chi connectivity index (χ0v) is 14.4. The second kappa shape index (κ2) is 7.01. The Kier molecular flexibility index (Phi) is 5.02. The average Bonchev–Trinajstić information content (AvgIpc) is 2.83. The van der Waals surface area contributed by atoms with E-state index in [1.54, 1.807) is 7.11 Å². The molecule has 3 saturated heterocycles. The van der Waals surface area contributed by atoms with Gasteiger partial charge in [0.25, 0.3) is 0 Å². The van der Waals surface area contributed by atoms with Crippen LogP contribution in [0.15, 0.2) is 12.4 Å². The van der Waals surface area contributed by atoms with E-state index < -0.39 is 0 Å². The number of amides is 1. The van der Waals surface area contributed by atoms with Gasteiger partial charge in [0.05, 0.1) is 19.1 Å². The fraction of sp³-hybridized carbons (Fsp3) is 0.765. The lowest BCUT2D eigenvalue weighted by molar-refractivity contribution is -0.140. The van der Waals surface area contributed by atoms with Crippen molar-refractivity contribution in [1.29, 1.82) is 0 Å². The van der Waals surface area contributed by atoms with E-state index >= 15 is 0 Å². The predicted octanol–water partition coefficient (Wildman–Crippen LogP) is 1.53. The molecule has 23 heavy (non-hydrogen) atoms. The molecular weight excluding hydrogens is 292 g/mol. The van der Waals surface area contributed by atoms with Crippen LogP contribution in [0.25, 0.3) is 0 Å². The van der Waals surface area contributed by atoms with Crippen molar-refractivity contribution in [2.45, 2.75) is 45.3 Å². The van der Waals surface area contributed by atoms with E-state index in [1.165, 1.54) is 0 Å². The minimum atomic E-state index is 0.132. The molecule has 1 amide bonds. The van der Waals surface area contributed by atoms with Gasteiger partial charge in [-0.3, -0.25) is 9.69 Å². The van der Waals surface area contributed by atoms with Crippen molar-refractivity contribution >= 4 is 5.91 Å². The highest BCUT2D eigenvalue weighted by Crippen LogP contribution is 2.29.